The predicted octanol–water partition coefficient (Wildman–Crippen LogP) is 4.50. The van der Waals surface area contributed by atoms with Gasteiger partial charge in [0.05, 0.1) is 11.7 Å². The first-order valence-electron chi connectivity index (χ1n) is 7.03. The van der Waals surface area contributed by atoms with Crippen molar-refractivity contribution in [2.75, 3.05) is 7.05 Å². The molecule has 3 heteroatoms. The van der Waals surface area contributed by atoms with Gasteiger partial charge in [-0.3, -0.25) is 4.98 Å². The molecule has 0 amide bonds. The number of benzene rings is 2. The van der Waals surface area contributed by atoms with Crippen molar-refractivity contribution < 1.29 is 0 Å². The molecule has 0 aliphatic rings. The molecule has 0 bridgehead atoms. The molecule has 1 aromatic heterocycles. The zero-order valence-electron chi connectivity index (χ0n) is 11.9. The van der Waals surface area contributed by atoms with Crippen LogP contribution in [0.5, 0.6) is 0 Å². The Morgan fingerprint density at radius 3 is 2.57 bits per heavy atom. The second kappa shape index (κ2) is 6.37. The minimum Gasteiger partial charge on any atom is -0.311 e. The van der Waals surface area contributed by atoms with Gasteiger partial charge in [0.2, 0.25) is 0 Å². The number of hydrogen-bond donors (Lipinski definition) is 1. The molecule has 1 atom stereocenters. The summed E-state index contributed by atoms with van der Waals surface area (Å²) < 4.78 is 1.11. The SMILES string of the molecule is CNC(Cc1ccc(Br)cc1)c1nccc2ccccc12. The minimum atomic E-state index is 0.206. The molecule has 106 valence electrons. The number of fused-ring (bicyclic) bond motifs is 1. The Kier molecular flexibility index (Phi) is 4.32. The van der Waals surface area contributed by atoms with Gasteiger partial charge in [-0.15, -0.1) is 0 Å². The predicted molar refractivity (Wildman–Crippen MR) is 91.4 cm³/mol. The monoisotopic (exact) mass is 340 g/mol. The summed E-state index contributed by atoms with van der Waals surface area (Å²) in [6, 6.07) is 19.1. The van der Waals surface area contributed by atoms with E-state index in [0.717, 1.165) is 16.6 Å². The highest BCUT2D eigenvalue weighted by Gasteiger charge is 2.14. The van der Waals surface area contributed by atoms with Gasteiger partial charge in [0.15, 0.2) is 0 Å². The van der Waals surface area contributed by atoms with Crippen LogP contribution in [0.15, 0.2) is 65.3 Å². The second-order valence-electron chi connectivity index (χ2n) is 5.09. The molecule has 0 aliphatic carbocycles. The molecule has 2 aromatic carbocycles. The molecule has 3 aromatic rings. The van der Waals surface area contributed by atoms with Crippen LogP contribution in [0.3, 0.4) is 0 Å². The Labute approximate surface area is 133 Å². The fraction of sp³-hybridized carbons (Fsp3) is 0.167. The summed E-state index contributed by atoms with van der Waals surface area (Å²) in [5.74, 6) is 0. The van der Waals surface area contributed by atoms with Crippen LogP contribution >= 0.6 is 15.9 Å². The summed E-state index contributed by atoms with van der Waals surface area (Å²) in [6.45, 7) is 0. The summed E-state index contributed by atoms with van der Waals surface area (Å²) in [7, 11) is 1.99. The first-order valence-corrected chi connectivity index (χ1v) is 7.82. The van der Waals surface area contributed by atoms with E-state index in [9.17, 15) is 0 Å². The first-order chi connectivity index (χ1) is 10.3. The topological polar surface area (TPSA) is 24.9 Å². The van der Waals surface area contributed by atoms with E-state index in [1.54, 1.807) is 0 Å². The maximum absolute atomic E-state index is 4.62. The fourth-order valence-electron chi connectivity index (χ4n) is 2.61. The van der Waals surface area contributed by atoms with Crippen LogP contribution in [0, 0.1) is 0 Å². The third-order valence-electron chi connectivity index (χ3n) is 3.74. The highest BCUT2D eigenvalue weighted by atomic mass is 79.9. The smallest absolute Gasteiger partial charge is 0.0654 e. The van der Waals surface area contributed by atoms with Crippen LogP contribution in [-0.4, -0.2) is 12.0 Å². The van der Waals surface area contributed by atoms with E-state index in [-0.39, 0.29) is 6.04 Å². The maximum Gasteiger partial charge on any atom is 0.0654 e. The molecule has 0 spiro atoms. The molecular formula is C18H17BrN2. The molecule has 0 aliphatic heterocycles. The van der Waals surface area contributed by atoms with Crippen molar-refractivity contribution in [3.63, 3.8) is 0 Å². The molecular weight excluding hydrogens is 324 g/mol. The molecule has 0 saturated heterocycles. The molecule has 3 rings (SSSR count). The lowest BCUT2D eigenvalue weighted by Gasteiger charge is -2.18. The summed E-state index contributed by atoms with van der Waals surface area (Å²) >= 11 is 3.48. The van der Waals surface area contributed by atoms with E-state index < -0.39 is 0 Å². The molecule has 0 radical (unpaired) electrons. The van der Waals surface area contributed by atoms with Gasteiger partial charge < -0.3 is 5.32 Å². The Bertz CT molecular complexity index is 732. The number of nitrogens with zero attached hydrogens (tertiary/aromatic N) is 1. The van der Waals surface area contributed by atoms with Crippen LogP contribution in [0.2, 0.25) is 0 Å². The lowest BCUT2D eigenvalue weighted by Crippen LogP contribution is -2.20. The van der Waals surface area contributed by atoms with Gasteiger partial charge >= 0.3 is 0 Å². The summed E-state index contributed by atoms with van der Waals surface area (Å²) in [4.78, 5) is 4.62. The van der Waals surface area contributed by atoms with E-state index in [1.807, 2.05) is 13.2 Å². The average Bonchev–Trinajstić information content (AvgIpc) is 2.54. The third kappa shape index (κ3) is 3.14. The van der Waals surface area contributed by atoms with Gasteiger partial charge in [-0.25, -0.2) is 0 Å². The Morgan fingerprint density at radius 1 is 1.05 bits per heavy atom. The van der Waals surface area contributed by atoms with Crippen molar-refractivity contribution in [1.29, 1.82) is 0 Å². The van der Waals surface area contributed by atoms with E-state index in [0.29, 0.717) is 0 Å². The number of pyridine rings is 1. The third-order valence-corrected chi connectivity index (χ3v) is 4.26. The lowest BCUT2D eigenvalue weighted by molar-refractivity contribution is 0.581. The van der Waals surface area contributed by atoms with Crippen LogP contribution < -0.4 is 5.32 Å². The van der Waals surface area contributed by atoms with Crippen molar-refractivity contribution in [2.24, 2.45) is 0 Å². The first kappa shape index (κ1) is 14.2. The van der Waals surface area contributed by atoms with Gasteiger partial charge in [-0.05, 0) is 42.6 Å². The molecule has 21 heavy (non-hydrogen) atoms. The minimum absolute atomic E-state index is 0.206. The standard InChI is InChI=1S/C18H17BrN2/c1-20-17(12-13-6-8-15(19)9-7-13)18-16-5-3-2-4-14(16)10-11-21-18/h2-11,17,20H,12H2,1H3. The Balaban J connectivity index is 1.96. The normalized spacial score (nSPS) is 12.5. The van der Waals surface area contributed by atoms with Gasteiger partial charge in [0, 0.05) is 16.1 Å². The summed E-state index contributed by atoms with van der Waals surface area (Å²) in [6.07, 6.45) is 2.81. The zero-order chi connectivity index (χ0) is 14.7. The van der Waals surface area contributed by atoms with Crippen molar-refractivity contribution in [2.45, 2.75) is 12.5 Å². The van der Waals surface area contributed by atoms with Crippen LogP contribution in [0.25, 0.3) is 10.8 Å². The number of hydrogen-bond acceptors (Lipinski definition) is 2. The Hall–Kier alpha value is -1.71. The van der Waals surface area contributed by atoms with Crippen molar-refractivity contribution in [1.82, 2.24) is 10.3 Å². The van der Waals surface area contributed by atoms with E-state index in [4.69, 9.17) is 0 Å². The number of rotatable bonds is 4. The summed E-state index contributed by atoms with van der Waals surface area (Å²) in [5.41, 5.74) is 2.41. The lowest BCUT2D eigenvalue weighted by atomic mass is 9.99. The molecule has 1 heterocycles. The highest BCUT2D eigenvalue weighted by Crippen LogP contribution is 2.25. The molecule has 0 saturated carbocycles. The van der Waals surface area contributed by atoms with Crippen LogP contribution in [0.4, 0.5) is 0 Å². The number of likely N-dealkylation sites (N-methyl/N-ethyl adjacent to an activating group) is 1. The largest absolute Gasteiger partial charge is 0.311 e. The second-order valence-corrected chi connectivity index (χ2v) is 6.00. The van der Waals surface area contributed by atoms with E-state index in [2.05, 4.69) is 80.8 Å². The Morgan fingerprint density at radius 2 is 1.81 bits per heavy atom. The highest BCUT2D eigenvalue weighted by molar-refractivity contribution is 9.10. The molecule has 2 nitrogen and oxygen atoms in total. The molecule has 0 fully saturated rings. The molecule has 1 unspecified atom stereocenters. The van der Waals surface area contributed by atoms with Crippen LogP contribution in [-0.2, 0) is 6.42 Å². The fourth-order valence-corrected chi connectivity index (χ4v) is 2.88. The van der Waals surface area contributed by atoms with Gasteiger partial charge in [-0.1, -0.05) is 52.3 Å². The van der Waals surface area contributed by atoms with Gasteiger partial charge in [-0.2, -0.15) is 0 Å². The van der Waals surface area contributed by atoms with Crippen molar-refractivity contribution >= 4 is 26.7 Å². The van der Waals surface area contributed by atoms with Gasteiger partial charge in [0.25, 0.3) is 0 Å². The van der Waals surface area contributed by atoms with E-state index in [1.165, 1.54) is 16.3 Å². The van der Waals surface area contributed by atoms with Gasteiger partial charge in [0.1, 0.15) is 0 Å². The van der Waals surface area contributed by atoms with Crippen molar-refractivity contribution in [3.05, 3.63) is 76.5 Å². The van der Waals surface area contributed by atoms with Crippen molar-refractivity contribution in [3.8, 4) is 0 Å². The summed E-state index contributed by atoms with van der Waals surface area (Å²) in [5, 5.41) is 5.85. The van der Waals surface area contributed by atoms with Crippen LogP contribution in [0.1, 0.15) is 17.3 Å². The number of halogens is 1. The zero-order valence-corrected chi connectivity index (χ0v) is 13.5. The van der Waals surface area contributed by atoms with E-state index >= 15 is 0 Å². The molecule has 1 N–H and O–H groups in total. The number of aromatic nitrogens is 1. The quantitative estimate of drug-likeness (QED) is 0.756. The average molecular weight is 341 g/mol. The maximum atomic E-state index is 4.62. The number of nitrogens with one attached hydrogen (secondary N) is 1.